The first-order chi connectivity index (χ1) is 11.4. The van der Waals surface area contributed by atoms with Crippen LogP contribution >= 0.6 is 11.8 Å². The van der Waals surface area contributed by atoms with Gasteiger partial charge < -0.3 is 9.84 Å². The maximum Gasteiger partial charge on any atom is 0.324 e. The Bertz CT molecular complexity index is 460. The van der Waals surface area contributed by atoms with Gasteiger partial charge in [-0.2, -0.15) is 11.8 Å². The molecule has 0 saturated heterocycles. The van der Waals surface area contributed by atoms with E-state index in [1.165, 1.54) is 38.5 Å². The Labute approximate surface area is 148 Å². The van der Waals surface area contributed by atoms with Crippen LogP contribution < -0.4 is 5.32 Å². The molecule has 24 heavy (non-hydrogen) atoms. The van der Waals surface area contributed by atoms with Crippen LogP contribution in [0, 0.1) is 17.8 Å². The average molecular weight is 356 g/mol. The van der Waals surface area contributed by atoms with Gasteiger partial charge in [0, 0.05) is 10.5 Å². The van der Waals surface area contributed by atoms with Gasteiger partial charge in [0.15, 0.2) is 0 Å². The molecule has 4 fully saturated rings. The van der Waals surface area contributed by atoms with Gasteiger partial charge in [-0.05, 0) is 70.1 Å². The number of ether oxygens (including phenoxy) is 1. The second-order valence-electron chi connectivity index (χ2n) is 7.94. The summed E-state index contributed by atoms with van der Waals surface area (Å²) in [5, 5.41) is 12.1. The van der Waals surface area contributed by atoms with Gasteiger partial charge in [0.05, 0.1) is 6.61 Å². The fourth-order valence-electron chi connectivity index (χ4n) is 5.27. The van der Waals surface area contributed by atoms with Crippen molar-refractivity contribution in [3.8, 4) is 0 Å². The zero-order valence-corrected chi connectivity index (χ0v) is 15.4. The Kier molecular flexibility index (Phi) is 5.45. The van der Waals surface area contributed by atoms with Crippen LogP contribution in [-0.4, -0.2) is 46.2 Å². The summed E-state index contributed by atoms with van der Waals surface area (Å²) in [6, 6.07) is -1.30. The van der Waals surface area contributed by atoms with Crippen molar-refractivity contribution < 1.29 is 19.4 Å². The molecular weight excluding hydrogens is 326 g/mol. The van der Waals surface area contributed by atoms with E-state index in [0.29, 0.717) is 17.1 Å². The minimum atomic E-state index is -0.941. The van der Waals surface area contributed by atoms with Crippen LogP contribution in [0.2, 0.25) is 0 Å². The summed E-state index contributed by atoms with van der Waals surface area (Å²) < 4.78 is 5.46. The van der Waals surface area contributed by atoms with Crippen molar-refractivity contribution in [2.75, 3.05) is 12.4 Å². The number of carbonyl (C=O) groups excluding carboxylic acids is 1. The fraction of sp³-hybridized carbons (Fsp3) is 0.889. The number of carboxylic acids is 1. The number of carbonyl (C=O) groups is 2. The van der Waals surface area contributed by atoms with Crippen molar-refractivity contribution in [2.24, 2.45) is 17.8 Å². The number of hydrogen-bond donors (Lipinski definition) is 2. The molecule has 0 aliphatic heterocycles. The van der Waals surface area contributed by atoms with E-state index >= 15 is 0 Å². The molecular formula is C18H29NO4S. The molecule has 0 spiro atoms. The van der Waals surface area contributed by atoms with Crippen LogP contribution in [0.4, 0.5) is 0 Å². The predicted molar refractivity (Wildman–Crippen MR) is 94.0 cm³/mol. The molecule has 2 N–H and O–H groups in total. The van der Waals surface area contributed by atoms with Gasteiger partial charge in [0.2, 0.25) is 0 Å². The molecule has 1 unspecified atom stereocenters. The Morgan fingerprint density at radius 1 is 1.21 bits per heavy atom. The van der Waals surface area contributed by atoms with E-state index in [2.05, 4.69) is 5.32 Å². The molecule has 4 aliphatic rings. The SMILES string of the molecule is CCOC(=O)C(CSC12CC3CC(CC(C3)C1)C2)N[C@@H](C)C(=O)O. The molecule has 0 heterocycles. The van der Waals surface area contributed by atoms with Gasteiger partial charge in [-0.1, -0.05) is 0 Å². The highest BCUT2D eigenvalue weighted by Gasteiger charge is 2.51. The van der Waals surface area contributed by atoms with Crippen LogP contribution in [-0.2, 0) is 14.3 Å². The summed E-state index contributed by atoms with van der Waals surface area (Å²) in [6.45, 7) is 3.67. The molecule has 0 aromatic heterocycles. The molecule has 4 rings (SSSR count). The third kappa shape index (κ3) is 3.90. The number of esters is 1. The van der Waals surface area contributed by atoms with Crippen LogP contribution in [0.5, 0.6) is 0 Å². The number of rotatable bonds is 8. The van der Waals surface area contributed by atoms with Crippen molar-refractivity contribution in [2.45, 2.75) is 69.2 Å². The molecule has 0 amide bonds. The smallest absolute Gasteiger partial charge is 0.324 e. The zero-order chi connectivity index (χ0) is 17.3. The van der Waals surface area contributed by atoms with E-state index in [4.69, 9.17) is 9.84 Å². The first-order valence-electron chi connectivity index (χ1n) is 9.20. The maximum atomic E-state index is 12.2. The van der Waals surface area contributed by atoms with E-state index in [9.17, 15) is 9.59 Å². The van der Waals surface area contributed by atoms with Gasteiger partial charge in [-0.25, -0.2) is 0 Å². The van der Waals surface area contributed by atoms with Crippen LogP contribution in [0.15, 0.2) is 0 Å². The van der Waals surface area contributed by atoms with Gasteiger partial charge in [-0.15, -0.1) is 0 Å². The summed E-state index contributed by atoms with van der Waals surface area (Å²) in [5.74, 6) is 1.94. The molecule has 0 aromatic rings. The van der Waals surface area contributed by atoms with Gasteiger partial charge in [-0.3, -0.25) is 14.9 Å². The zero-order valence-electron chi connectivity index (χ0n) is 14.6. The number of nitrogens with one attached hydrogen (secondary N) is 1. The number of thioether (sulfide) groups is 1. The Morgan fingerprint density at radius 3 is 2.21 bits per heavy atom. The van der Waals surface area contributed by atoms with Gasteiger partial charge in [0.1, 0.15) is 12.1 Å². The second-order valence-corrected chi connectivity index (χ2v) is 9.43. The average Bonchev–Trinajstić information content (AvgIpc) is 2.49. The quantitative estimate of drug-likeness (QED) is 0.652. The first kappa shape index (κ1) is 18.1. The van der Waals surface area contributed by atoms with Crippen molar-refractivity contribution in [1.82, 2.24) is 5.32 Å². The van der Waals surface area contributed by atoms with Crippen LogP contribution in [0.25, 0.3) is 0 Å². The lowest BCUT2D eigenvalue weighted by Gasteiger charge is -2.56. The summed E-state index contributed by atoms with van der Waals surface area (Å²) >= 11 is 1.89. The molecule has 4 aliphatic carbocycles. The Balaban J connectivity index is 1.62. The lowest BCUT2D eigenvalue weighted by Crippen LogP contribution is -2.51. The fourth-order valence-corrected chi connectivity index (χ4v) is 7.08. The molecule has 4 saturated carbocycles. The minimum absolute atomic E-state index is 0.313. The van der Waals surface area contributed by atoms with Crippen molar-refractivity contribution in [3.05, 3.63) is 0 Å². The van der Waals surface area contributed by atoms with E-state index < -0.39 is 18.1 Å². The monoisotopic (exact) mass is 355 g/mol. The predicted octanol–water partition coefficient (Wildman–Crippen LogP) is 2.68. The molecule has 0 aromatic carbocycles. The lowest BCUT2D eigenvalue weighted by atomic mass is 9.56. The van der Waals surface area contributed by atoms with E-state index in [0.717, 1.165) is 17.8 Å². The summed E-state index contributed by atoms with van der Waals surface area (Å²) in [6.07, 6.45) is 8.01. The van der Waals surface area contributed by atoms with E-state index in [1.807, 2.05) is 11.8 Å². The largest absolute Gasteiger partial charge is 0.480 e. The summed E-state index contributed by atoms with van der Waals surface area (Å²) in [7, 11) is 0. The van der Waals surface area contributed by atoms with Crippen molar-refractivity contribution in [3.63, 3.8) is 0 Å². The third-order valence-electron chi connectivity index (χ3n) is 5.93. The van der Waals surface area contributed by atoms with Crippen LogP contribution in [0.3, 0.4) is 0 Å². The minimum Gasteiger partial charge on any atom is -0.480 e. The Morgan fingerprint density at radius 2 is 1.75 bits per heavy atom. The van der Waals surface area contributed by atoms with E-state index in [1.54, 1.807) is 13.8 Å². The second kappa shape index (κ2) is 7.24. The molecule has 2 atom stereocenters. The highest BCUT2D eigenvalue weighted by molar-refractivity contribution is 8.00. The van der Waals surface area contributed by atoms with Gasteiger partial charge in [0.25, 0.3) is 0 Å². The highest BCUT2D eigenvalue weighted by atomic mass is 32.2. The van der Waals surface area contributed by atoms with E-state index in [-0.39, 0.29) is 5.97 Å². The normalized spacial score (nSPS) is 36.3. The first-order valence-corrected chi connectivity index (χ1v) is 10.2. The molecule has 4 bridgehead atoms. The van der Waals surface area contributed by atoms with Crippen molar-refractivity contribution >= 4 is 23.7 Å². The van der Waals surface area contributed by atoms with Gasteiger partial charge >= 0.3 is 11.9 Å². The molecule has 0 radical (unpaired) electrons. The molecule has 6 heteroatoms. The number of carboxylic acid groups (broad SMARTS) is 1. The molecule has 136 valence electrons. The standard InChI is InChI=1S/C18H29NO4S/c1-3-23-17(22)15(19-11(2)16(20)21)10-24-18-7-12-4-13(8-18)6-14(5-12)9-18/h11-15,19H,3-10H2,1-2H3,(H,20,21)/t11-,12?,13?,14?,15?,18?/m0/s1. The highest BCUT2D eigenvalue weighted by Crippen LogP contribution is 2.60. The number of hydrogen-bond acceptors (Lipinski definition) is 5. The van der Waals surface area contributed by atoms with Crippen molar-refractivity contribution in [1.29, 1.82) is 0 Å². The van der Waals surface area contributed by atoms with Crippen LogP contribution in [0.1, 0.15) is 52.4 Å². The summed E-state index contributed by atoms with van der Waals surface area (Å²) in [4.78, 5) is 23.3. The lowest BCUT2D eigenvalue weighted by molar-refractivity contribution is -0.146. The topological polar surface area (TPSA) is 75.6 Å². The third-order valence-corrected chi connectivity index (χ3v) is 7.54. The summed E-state index contributed by atoms with van der Waals surface area (Å²) in [5.41, 5.74) is 0. The number of aliphatic carboxylic acids is 1. The molecule has 5 nitrogen and oxygen atoms in total. The maximum absolute atomic E-state index is 12.2. The Hall–Kier alpha value is -0.750.